The molecule has 1 heterocycles. The lowest BCUT2D eigenvalue weighted by Gasteiger charge is -2.44. The highest BCUT2D eigenvalue weighted by Crippen LogP contribution is 2.31. The summed E-state index contributed by atoms with van der Waals surface area (Å²) in [6.45, 7) is 2.98. The van der Waals surface area contributed by atoms with Crippen LogP contribution in [0, 0.1) is 0 Å². The summed E-state index contributed by atoms with van der Waals surface area (Å²) in [4.78, 5) is 23.3. The van der Waals surface area contributed by atoms with Gasteiger partial charge in [-0.15, -0.1) is 0 Å². The lowest BCUT2D eigenvalue weighted by Crippen LogP contribution is -2.67. The Bertz CT molecular complexity index is 1340. The number of rotatable bonds is 12. The third kappa shape index (κ3) is 10.6. The monoisotopic (exact) mass is 606 g/mol. The van der Waals surface area contributed by atoms with Crippen LogP contribution in [0.1, 0.15) is 6.92 Å². The zero-order valence-corrected chi connectivity index (χ0v) is 21.5. The number of amides is 2. The summed E-state index contributed by atoms with van der Waals surface area (Å²) in [6, 6.07) is 3.43. The van der Waals surface area contributed by atoms with Crippen molar-refractivity contribution in [2.24, 2.45) is 0 Å². The lowest BCUT2D eigenvalue weighted by atomic mass is 9.97. The van der Waals surface area contributed by atoms with Gasteiger partial charge in [-0.3, -0.25) is 23.2 Å². The van der Waals surface area contributed by atoms with Gasteiger partial charge < -0.3 is 20.1 Å². The number of hydrogen-bond donors (Lipinski definition) is 5. The molecule has 0 saturated carbocycles. The van der Waals surface area contributed by atoms with Crippen LogP contribution >= 0.6 is 0 Å². The number of anilines is 1. The molecule has 0 radical (unpaired) electrons. The van der Waals surface area contributed by atoms with E-state index in [1.807, 2.05) is 0 Å². The highest BCUT2D eigenvalue weighted by atomic mass is 32.3. The molecule has 5 atom stereocenters. The second-order valence-electron chi connectivity index (χ2n) is 7.29. The normalized spacial score (nSPS) is 24.3. The average Bonchev–Trinajstić information content (AvgIpc) is 2.75. The van der Waals surface area contributed by atoms with Gasteiger partial charge in [0.25, 0.3) is 0 Å². The average molecular weight is 607 g/mol. The lowest BCUT2D eigenvalue weighted by molar-refractivity contribution is -0.232. The highest BCUT2D eigenvalue weighted by molar-refractivity contribution is 7.81. The van der Waals surface area contributed by atoms with Crippen LogP contribution in [0.5, 0.6) is 5.75 Å². The standard InChI is InChI=1S/C17H22N2O16S3/c1-3-13(21)19-10-4-6-11(7-5-10)32-17-14(18-9(2)20)16(35-38(28,29)30)15(34-37(25,26)27)12(33-17)8-31-36(22,23)24/h3-7,12,14-17H,1,8H2,2H3,(H,18,20)(H,19,21)(H,22,23,24)(H,25,26,27)(H,28,29,30)/t12-,14-,15-,16-,17-/m0/s1. The maximum Gasteiger partial charge on any atom is 0.397 e. The largest absolute Gasteiger partial charge is 0.463 e. The number of nitrogens with one attached hydrogen (secondary N) is 2. The Kier molecular flexibility index (Phi) is 10.3. The zero-order chi connectivity index (χ0) is 28.9. The molecule has 21 heteroatoms. The Morgan fingerprint density at radius 2 is 1.53 bits per heavy atom. The van der Waals surface area contributed by atoms with Crippen molar-refractivity contribution in [1.29, 1.82) is 0 Å². The third-order valence-electron chi connectivity index (χ3n) is 4.42. The van der Waals surface area contributed by atoms with Gasteiger partial charge in [-0.25, -0.2) is 12.5 Å². The number of carbonyl (C=O) groups is 2. The van der Waals surface area contributed by atoms with Crippen molar-refractivity contribution in [3.63, 3.8) is 0 Å². The molecular weight excluding hydrogens is 584 g/mol. The summed E-state index contributed by atoms with van der Waals surface area (Å²) in [7, 11) is -16.1. The van der Waals surface area contributed by atoms with Crippen molar-refractivity contribution in [2.45, 2.75) is 37.6 Å². The Labute approximate surface area is 216 Å². The molecule has 0 aromatic heterocycles. The summed E-state index contributed by atoms with van der Waals surface area (Å²) in [5.74, 6) is -1.47. The van der Waals surface area contributed by atoms with Crippen molar-refractivity contribution in [1.82, 2.24) is 5.32 Å². The first-order valence-corrected chi connectivity index (χ1v) is 14.0. The smallest absolute Gasteiger partial charge is 0.397 e. The van der Waals surface area contributed by atoms with Crippen LogP contribution in [0.4, 0.5) is 5.69 Å². The molecule has 0 aliphatic carbocycles. The second kappa shape index (κ2) is 12.4. The van der Waals surface area contributed by atoms with Gasteiger partial charge >= 0.3 is 31.2 Å². The van der Waals surface area contributed by atoms with Gasteiger partial charge in [0.1, 0.15) is 30.1 Å². The molecule has 1 aromatic rings. The van der Waals surface area contributed by atoms with Gasteiger partial charge in [0.15, 0.2) is 0 Å². The fourth-order valence-electron chi connectivity index (χ4n) is 3.13. The molecule has 1 aliphatic rings. The molecule has 2 rings (SSSR count). The Morgan fingerprint density at radius 1 is 0.974 bits per heavy atom. The van der Waals surface area contributed by atoms with Gasteiger partial charge in [-0.05, 0) is 30.3 Å². The first kappa shape index (κ1) is 31.5. The van der Waals surface area contributed by atoms with Crippen molar-refractivity contribution in [3.8, 4) is 5.75 Å². The fourth-order valence-corrected chi connectivity index (χ4v) is 4.47. The molecule has 214 valence electrons. The summed E-state index contributed by atoms with van der Waals surface area (Å²) >= 11 is 0. The van der Waals surface area contributed by atoms with Crippen LogP contribution < -0.4 is 15.4 Å². The fraction of sp³-hybridized carbons (Fsp3) is 0.412. The van der Waals surface area contributed by atoms with Crippen LogP contribution in [0.2, 0.25) is 0 Å². The van der Waals surface area contributed by atoms with Gasteiger partial charge in [0.2, 0.25) is 18.1 Å². The van der Waals surface area contributed by atoms with Crippen LogP contribution in [-0.4, -0.2) is 88.0 Å². The summed E-state index contributed by atoms with van der Waals surface area (Å²) < 4.78 is 119. The van der Waals surface area contributed by atoms with Crippen molar-refractivity contribution < 1.29 is 70.5 Å². The molecule has 0 spiro atoms. The van der Waals surface area contributed by atoms with E-state index in [-0.39, 0.29) is 5.75 Å². The van der Waals surface area contributed by atoms with E-state index in [0.717, 1.165) is 13.0 Å². The predicted octanol–water partition coefficient (Wildman–Crippen LogP) is -1.39. The van der Waals surface area contributed by atoms with E-state index in [1.54, 1.807) is 0 Å². The minimum Gasteiger partial charge on any atom is -0.463 e. The van der Waals surface area contributed by atoms with E-state index in [9.17, 15) is 43.9 Å². The quantitative estimate of drug-likeness (QED) is 0.135. The second-order valence-corrected chi connectivity index (χ2v) is 10.5. The number of carbonyl (C=O) groups excluding carboxylic acids is 2. The zero-order valence-electron chi connectivity index (χ0n) is 19.1. The van der Waals surface area contributed by atoms with E-state index in [1.165, 1.54) is 24.3 Å². The van der Waals surface area contributed by atoms with Gasteiger partial charge in [0, 0.05) is 12.6 Å². The minimum atomic E-state index is -5.44. The third-order valence-corrected chi connectivity index (χ3v) is 5.79. The van der Waals surface area contributed by atoms with E-state index < -0.39 is 80.3 Å². The van der Waals surface area contributed by atoms with E-state index in [2.05, 4.69) is 29.8 Å². The van der Waals surface area contributed by atoms with Crippen LogP contribution in [0.15, 0.2) is 36.9 Å². The molecule has 5 N–H and O–H groups in total. The highest BCUT2D eigenvalue weighted by Gasteiger charge is 2.53. The molecule has 1 aliphatic heterocycles. The number of ether oxygens (including phenoxy) is 2. The summed E-state index contributed by atoms with van der Waals surface area (Å²) in [6.07, 6.45) is -7.42. The molecule has 2 amide bonds. The molecule has 1 aromatic carbocycles. The minimum absolute atomic E-state index is 0.0591. The molecule has 1 fully saturated rings. The van der Waals surface area contributed by atoms with E-state index in [4.69, 9.17) is 14.0 Å². The van der Waals surface area contributed by atoms with Gasteiger partial charge in [-0.2, -0.15) is 25.3 Å². The van der Waals surface area contributed by atoms with Crippen LogP contribution in [0.3, 0.4) is 0 Å². The first-order chi connectivity index (χ1) is 17.4. The Hall–Kier alpha value is -2.73. The molecule has 0 bridgehead atoms. The van der Waals surface area contributed by atoms with Crippen molar-refractivity contribution in [3.05, 3.63) is 36.9 Å². The number of benzene rings is 1. The Morgan fingerprint density at radius 3 is 2.00 bits per heavy atom. The van der Waals surface area contributed by atoms with Crippen molar-refractivity contribution >= 4 is 48.7 Å². The first-order valence-electron chi connectivity index (χ1n) is 9.93. The maximum atomic E-state index is 11.8. The molecule has 38 heavy (non-hydrogen) atoms. The van der Waals surface area contributed by atoms with Gasteiger partial charge in [0.05, 0.1) is 6.61 Å². The molecule has 1 saturated heterocycles. The van der Waals surface area contributed by atoms with Crippen LogP contribution in [0.25, 0.3) is 0 Å². The molecule has 18 nitrogen and oxygen atoms in total. The van der Waals surface area contributed by atoms with E-state index >= 15 is 0 Å². The topological polar surface area (TPSA) is 267 Å². The summed E-state index contributed by atoms with van der Waals surface area (Å²) in [5, 5.41) is 4.60. The number of hydrogen-bond acceptors (Lipinski definition) is 13. The molecule has 0 unspecified atom stereocenters. The Balaban J connectivity index is 2.52. The maximum absolute atomic E-state index is 11.8. The van der Waals surface area contributed by atoms with Crippen LogP contribution in [-0.2, 0) is 58.1 Å². The van der Waals surface area contributed by atoms with Crippen molar-refractivity contribution in [2.75, 3.05) is 11.9 Å². The van der Waals surface area contributed by atoms with Gasteiger partial charge in [-0.1, -0.05) is 6.58 Å². The SMILES string of the molecule is C=CC(=O)Nc1ccc(O[C@H]2O[C@@H](COS(=O)(=O)O)[C@H](OS(=O)(=O)O)[C@@H](OS(=O)(=O)O)[C@@H]2NC(C)=O)cc1. The predicted molar refractivity (Wildman–Crippen MR) is 123 cm³/mol. The summed E-state index contributed by atoms with van der Waals surface area (Å²) in [5.41, 5.74) is 0.291. The van der Waals surface area contributed by atoms with E-state index in [0.29, 0.717) is 5.69 Å². The molecular formula is C17H22N2O16S3.